The molecule has 2 fully saturated rings. The molecule has 1 aromatic carbocycles. The summed E-state index contributed by atoms with van der Waals surface area (Å²) in [5, 5.41) is 2.79. The number of nitrogen functional groups attached to an aromatic ring is 1. The maximum Gasteiger partial charge on any atom is 0.325 e. The lowest BCUT2D eigenvalue weighted by atomic mass is 9.98. The molecule has 1 spiro atoms. The fraction of sp³-hybridized carbons (Fsp3) is 0.429. The van der Waals surface area contributed by atoms with Crippen molar-refractivity contribution in [1.29, 1.82) is 0 Å². The van der Waals surface area contributed by atoms with E-state index in [0.717, 1.165) is 17.7 Å². The Hall–Kier alpha value is -2.11. The Bertz CT molecular complexity index is 582. The van der Waals surface area contributed by atoms with Crippen LogP contribution in [-0.4, -0.2) is 22.4 Å². The van der Waals surface area contributed by atoms with E-state index in [1.54, 1.807) is 0 Å². The molecule has 20 heavy (non-hydrogen) atoms. The first-order valence-electron chi connectivity index (χ1n) is 6.70. The van der Waals surface area contributed by atoms with Crippen molar-refractivity contribution in [2.75, 3.05) is 5.73 Å². The molecular weight excluding hydrogens is 261 g/mol. The number of amides is 3. The van der Waals surface area contributed by atoms with E-state index in [1.807, 2.05) is 0 Å². The van der Waals surface area contributed by atoms with E-state index < -0.39 is 17.4 Å². The molecule has 1 saturated heterocycles. The van der Waals surface area contributed by atoms with Crippen molar-refractivity contribution in [2.24, 2.45) is 0 Å². The van der Waals surface area contributed by atoms with E-state index in [-0.39, 0.29) is 12.5 Å². The molecule has 0 atom stereocenters. The van der Waals surface area contributed by atoms with Gasteiger partial charge in [-0.3, -0.25) is 9.69 Å². The zero-order chi connectivity index (χ0) is 14.3. The molecule has 0 radical (unpaired) electrons. The number of carbonyl (C=O) groups excluding carboxylic acids is 2. The SMILES string of the molecule is Nc1ccc(F)cc1CN1C(=O)NC2(CCCC2)C1=O. The van der Waals surface area contributed by atoms with Crippen LogP contribution in [0.5, 0.6) is 0 Å². The van der Waals surface area contributed by atoms with Crippen LogP contribution < -0.4 is 11.1 Å². The standard InChI is InChI=1S/C14H16FN3O2/c15-10-3-4-11(16)9(7-10)8-18-12(19)14(17-13(18)20)5-1-2-6-14/h3-4,7H,1-2,5-6,8,16H2,(H,17,20). The van der Waals surface area contributed by atoms with E-state index in [0.29, 0.717) is 24.1 Å². The molecule has 0 unspecified atom stereocenters. The molecule has 5 nitrogen and oxygen atoms in total. The third-order valence-corrected chi connectivity index (χ3v) is 4.14. The van der Waals surface area contributed by atoms with Gasteiger partial charge in [0.1, 0.15) is 11.4 Å². The Morgan fingerprint density at radius 3 is 2.70 bits per heavy atom. The first-order valence-corrected chi connectivity index (χ1v) is 6.70. The van der Waals surface area contributed by atoms with Gasteiger partial charge in [0.15, 0.2) is 0 Å². The molecule has 1 aliphatic heterocycles. The highest BCUT2D eigenvalue weighted by atomic mass is 19.1. The van der Waals surface area contributed by atoms with Gasteiger partial charge in [-0.2, -0.15) is 0 Å². The summed E-state index contributed by atoms with van der Waals surface area (Å²) >= 11 is 0. The topological polar surface area (TPSA) is 75.4 Å². The second-order valence-corrected chi connectivity index (χ2v) is 5.45. The molecule has 0 aromatic heterocycles. The molecule has 1 aliphatic carbocycles. The Morgan fingerprint density at radius 2 is 2.00 bits per heavy atom. The van der Waals surface area contributed by atoms with Crippen molar-refractivity contribution < 1.29 is 14.0 Å². The Kier molecular flexibility index (Phi) is 2.88. The molecule has 2 aliphatic rings. The van der Waals surface area contributed by atoms with E-state index in [9.17, 15) is 14.0 Å². The van der Waals surface area contributed by atoms with E-state index in [2.05, 4.69) is 5.32 Å². The maximum absolute atomic E-state index is 13.3. The number of urea groups is 1. The maximum atomic E-state index is 13.3. The third kappa shape index (κ3) is 1.92. The van der Waals surface area contributed by atoms with Crippen LogP contribution in [0.1, 0.15) is 31.2 Å². The Balaban J connectivity index is 1.86. The molecule has 3 N–H and O–H groups in total. The van der Waals surface area contributed by atoms with Crippen LogP contribution in [0.2, 0.25) is 0 Å². The number of nitrogens with one attached hydrogen (secondary N) is 1. The van der Waals surface area contributed by atoms with Crippen LogP contribution in [0.15, 0.2) is 18.2 Å². The molecule has 6 heteroatoms. The summed E-state index contributed by atoms with van der Waals surface area (Å²) in [5.74, 6) is -0.652. The normalized spacial score (nSPS) is 20.8. The summed E-state index contributed by atoms with van der Waals surface area (Å²) in [6, 6.07) is 3.54. The highest BCUT2D eigenvalue weighted by Crippen LogP contribution is 2.35. The molecule has 106 valence electrons. The molecule has 3 rings (SSSR count). The first kappa shape index (κ1) is 12.9. The fourth-order valence-electron chi connectivity index (χ4n) is 3.02. The minimum Gasteiger partial charge on any atom is -0.398 e. The van der Waals surface area contributed by atoms with Crippen LogP contribution in [0.3, 0.4) is 0 Å². The number of nitrogens with zero attached hydrogens (tertiary/aromatic N) is 1. The van der Waals surface area contributed by atoms with Gasteiger partial charge < -0.3 is 11.1 Å². The predicted octanol–water partition coefficient (Wildman–Crippen LogP) is 1.77. The second kappa shape index (κ2) is 4.47. The van der Waals surface area contributed by atoms with Crippen LogP contribution in [0.4, 0.5) is 14.9 Å². The quantitative estimate of drug-likeness (QED) is 0.639. The van der Waals surface area contributed by atoms with E-state index in [1.165, 1.54) is 18.2 Å². The molecular formula is C14H16FN3O2. The van der Waals surface area contributed by atoms with Crippen LogP contribution in [0.25, 0.3) is 0 Å². The van der Waals surface area contributed by atoms with Crippen LogP contribution in [0, 0.1) is 5.82 Å². The zero-order valence-corrected chi connectivity index (χ0v) is 11.0. The average molecular weight is 277 g/mol. The highest BCUT2D eigenvalue weighted by molar-refractivity contribution is 6.07. The van der Waals surface area contributed by atoms with Gasteiger partial charge in [-0.25, -0.2) is 9.18 Å². The summed E-state index contributed by atoms with van der Waals surface area (Å²) in [4.78, 5) is 25.6. The number of imide groups is 1. The number of anilines is 1. The van der Waals surface area contributed by atoms with E-state index >= 15 is 0 Å². The largest absolute Gasteiger partial charge is 0.398 e. The lowest BCUT2D eigenvalue weighted by molar-refractivity contribution is -0.131. The van der Waals surface area contributed by atoms with Gasteiger partial charge in [0, 0.05) is 5.69 Å². The van der Waals surface area contributed by atoms with E-state index in [4.69, 9.17) is 5.73 Å². The number of hydrogen-bond donors (Lipinski definition) is 2. The van der Waals surface area contributed by atoms with Gasteiger partial charge in [0.2, 0.25) is 0 Å². The molecule has 1 heterocycles. The van der Waals surface area contributed by atoms with Gasteiger partial charge in [-0.1, -0.05) is 12.8 Å². The van der Waals surface area contributed by atoms with Crippen molar-refractivity contribution in [1.82, 2.24) is 10.2 Å². The van der Waals surface area contributed by atoms with Crippen molar-refractivity contribution in [2.45, 2.75) is 37.8 Å². The zero-order valence-electron chi connectivity index (χ0n) is 11.0. The molecule has 3 amide bonds. The monoisotopic (exact) mass is 277 g/mol. The third-order valence-electron chi connectivity index (χ3n) is 4.14. The lowest BCUT2D eigenvalue weighted by Crippen LogP contribution is -2.44. The number of carbonyl (C=O) groups is 2. The highest BCUT2D eigenvalue weighted by Gasteiger charge is 2.52. The first-order chi connectivity index (χ1) is 9.52. The van der Waals surface area contributed by atoms with Crippen molar-refractivity contribution >= 4 is 17.6 Å². The van der Waals surface area contributed by atoms with Gasteiger partial charge in [-0.15, -0.1) is 0 Å². The summed E-state index contributed by atoms with van der Waals surface area (Å²) < 4.78 is 13.3. The van der Waals surface area contributed by atoms with Gasteiger partial charge in [0.25, 0.3) is 5.91 Å². The number of hydrogen-bond acceptors (Lipinski definition) is 3. The summed E-state index contributed by atoms with van der Waals surface area (Å²) in [7, 11) is 0. The van der Waals surface area contributed by atoms with Crippen molar-refractivity contribution in [3.8, 4) is 0 Å². The fourth-order valence-corrected chi connectivity index (χ4v) is 3.02. The van der Waals surface area contributed by atoms with Crippen LogP contribution in [-0.2, 0) is 11.3 Å². The van der Waals surface area contributed by atoms with Crippen molar-refractivity contribution in [3.63, 3.8) is 0 Å². The van der Waals surface area contributed by atoms with Gasteiger partial charge in [0.05, 0.1) is 6.54 Å². The summed E-state index contributed by atoms with van der Waals surface area (Å²) in [6.45, 7) is 0.00993. The second-order valence-electron chi connectivity index (χ2n) is 5.45. The minimum absolute atomic E-state index is 0.00993. The summed E-state index contributed by atoms with van der Waals surface area (Å²) in [6.07, 6.45) is 3.21. The van der Waals surface area contributed by atoms with Gasteiger partial charge >= 0.3 is 6.03 Å². The average Bonchev–Trinajstić information content (AvgIpc) is 2.96. The smallest absolute Gasteiger partial charge is 0.325 e. The van der Waals surface area contributed by atoms with Gasteiger partial charge in [-0.05, 0) is 36.6 Å². The minimum atomic E-state index is -0.737. The molecule has 1 aromatic rings. The predicted molar refractivity (Wildman–Crippen MR) is 71.1 cm³/mol. The lowest BCUT2D eigenvalue weighted by Gasteiger charge is -2.20. The Morgan fingerprint density at radius 1 is 1.30 bits per heavy atom. The van der Waals surface area contributed by atoms with Crippen molar-refractivity contribution in [3.05, 3.63) is 29.6 Å². The number of halogens is 1. The molecule has 1 saturated carbocycles. The number of nitrogens with two attached hydrogens (primary N) is 1. The number of rotatable bonds is 2. The molecule has 0 bridgehead atoms. The number of benzene rings is 1. The summed E-state index contributed by atoms with van der Waals surface area (Å²) in [5.41, 5.74) is 5.85. The van der Waals surface area contributed by atoms with Crippen LogP contribution >= 0.6 is 0 Å². The Labute approximate surface area is 115 Å².